The first-order valence-corrected chi connectivity index (χ1v) is 6.95. The van der Waals surface area contributed by atoms with E-state index in [0.29, 0.717) is 5.69 Å². The summed E-state index contributed by atoms with van der Waals surface area (Å²) in [5, 5.41) is 10.1. The van der Waals surface area contributed by atoms with Gasteiger partial charge in [0.1, 0.15) is 0 Å². The van der Waals surface area contributed by atoms with Crippen molar-refractivity contribution >= 4 is 17.3 Å². The molecule has 0 spiro atoms. The molecule has 0 aromatic heterocycles. The maximum absolute atomic E-state index is 11.0. The lowest BCUT2D eigenvalue weighted by atomic mass is 10.2. The van der Waals surface area contributed by atoms with Crippen molar-refractivity contribution in [1.29, 1.82) is 0 Å². The van der Waals surface area contributed by atoms with Crippen LogP contribution in [0.5, 0.6) is 0 Å². The Morgan fingerprint density at radius 2 is 1.96 bits per heavy atom. The molecule has 23 heavy (non-hydrogen) atoms. The molecule has 3 rings (SSSR count). The van der Waals surface area contributed by atoms with Crippen molar-refractivity contribution in [2.24, 2.45) is 0 Å². The smallest absolute Gasteiger partial charge is 0.335 e. The monoisotopic (exact) mass is 316 g/mol. The number of carboxylic acids is 1. The summed E-state index contributed by atoms with van der Waals surface area (Å²) in [6.45, 7) is 0. The van der Waals surface area contributed by atoms with Crippen LogP contribution in [0.1, 0.15) is 22.2 Å². The van der Waals surface area contributed by atoms with Crippen LogP contribution in [0.15, 0.2) is 48.5 Å². The molecule has 7 nitrogen and oxygen atoms in total. The lowest BCUT2D eigenvalue weighted by molar-refractivity contribution is -0.286. The molecule has 1 fully saturated rings. The van der Waals surface area contributed by atoms with Crippen LogP contribution < -0.4 is 10.1 Å². The van der Waals surface area contributed by atoms with Gasteiger partial charge in [-0.05, 0) is 30.3 Å². The normalized spacial score (nSPS) is 17.3. The zero-order valence-electron chi connectivity index (χ0n) is 12.7. The standard InChI is InChI=1S/C16H16N2O5/c1-17(2)13-7-4-6-12(10-13)16-21-18(23-22-16)14-8-3-5-11(9-14)15(19)20/h3-10,16H,1-2H3,(H,19,20). The average molecular weight is 316 g/mol. The Balaban J connectivity index is 1.77. The van der Waals surface area contributed by atoms with Crippen LogP contribution >= 0.6 is 0 Å². The van der Waals surface area contributed by atoms with Crippen LogP contribution in [-0.4, -0.2) is 25.2 Å². The Labute approximate surface area is 133 Å². The van der Waals surface area contributed by atoms with E-state index in [9.17, 15) is 4.79 Å². The van der Waals surface area contributed by atoms with Gasteiger partial charge in [-0.1, -0.05) is 28.4 Å². The molecule has 1 atom stereocenters. The predicted molar refractivity (Wildman–Crippen MR) is 82.6 cm³/mol. The number of rotatable bonds is 4. The van der Waals surface area contributed by atoms with Crippen LogP contribution in [0.2, 0.25) is 0 Å². The molecule has 2 aromatic carbocycles. The summed E-state index contributed by atoms with van der Waals surface area (Å²) >= 11 is 0. The molecule has 1 N–H and O–H groups in total. The molecular formula is C16H16N2O5. The number of hydrogen-bond acceptors (Lipinski definition) is 6. The molecule has 1 aliphatic heterocycles. The van der Waals surface area contributed by atoms with Crippen molar-refractivity contribution in [3.63, 3.8) is 0 Å². The fraction of sp³-hybridized carbons (Fsp3) is 0.188. The lowest BCUT2D eigenvalue weighted by Crippen LogP contribution is -2.15. The average Bonchev–Trinajstić information content (AvgIpc) is 3.05. The number of carbonyl (C=O) groups is 1. The highest BCUT2D eigenvalue weighted by atomic mass is 17.4. The third-order valence-corrected chi connectivity index (χ3v) is 3.35. The van der Waals surface area contributed by atoms with Crippen LogP contribution in [0.25, 0.3) is 0 Å². The summed E-state index contributed by atoms with van der Waals surface area (Å²) in [5.41, 5.74) is 2.35. The second kappa shape index (κ2) is 6.25. The molecule has 0 aliphatic carbocycles. The summed E-state index contributed by atoms with van der Waals surface area (Å²) in [6.07, 6.45) is -0.733. The van der Waals surface area contributed by atoms with Crippen LogP contribution in [0, 0.1) is 0 Å². The van der Waals surface area contributed by atoms with Gasteiger partial charge in [-0.2, -0.15) is 4.89 Å². The van der Waals surface area contributed by atoms with Gasteiger partial charge < -0.3 is 10.0 Å². The zero-order valence-corrected chi connectivity index (χ0v) is 12.7. The summed E-state index contributed by atoms with van der Waals surface area (Å²) < 4.78 is 0. The molecule has 0 saturated carbocycles. The molecule has 7 heteroatoms. The topological polar surface area (TPSA) is 71.5 Å². The Hall–Kier alpha value is -2.61. The highest BCUT2D eigenvalue weighted by Crippen LogP contribution is 2.32. The van der Waals surface area contributed by atoms with Crippen molar-refractivity contribution in [2.75, 3.05) is 24.2 Å². The Kier molecular flexibility index (Phi) is 4.16. The molecule has 1 aliphatic rings. The van der Waals surface area contributed by atoms with E-state index in [2.05, 4.69) is 0 Å². The van der Waals surface area contributed by atoms with Crippen LogP contribution in [0.4, 0.5) is 11.4 Å². The minimum Gasteiger partial charge on any atom is -0.478 e. The number of aromatic carboxylic acids is 1. The van der Waals surface area contributed by atoms with E-state index in [4.69, 9.17) is 19.8 Å². The lowest BCUT2D eigenvalue weighted by Gasteiger charge is -2.15. The van der Waals surface area contributed by atoms with Gasteiger partial charge in [0, 0.05) is 25.3 Å². The van der Waals surface area contributed by atoms with E-state index in [-0.39, 0.29) is 5.56 Å². The molecule has 1 heterocycles. The third-order valence-electron chi connectivity index (χ3n) is 3.35. The molecule has 0 bridgehead atoms. The van der Waals surface area contributed by atoms with E-state index in [1.165, 1.54) is 12.1 Å². The highest BCUT2D eigenvalue weighted by Gasteiger charge is 2.29. The van der Waals surface area contributed by atoms with Crippen molar-refractivity contribution in [3.8, 4) is 0 Å². The molecule has 120 valence electrons. The summed E-state index contributed by atoms with van der Waals surface area (Å²) in [4.78, 5) is 28.8. The highest BCUT2D eigenvalue weighted by molar-refractivity contribution is 5.88. The first-order chi connectivity index (χ1) is 11.0. The Morgan fingerprint density at radius 1 is 1.17 bits per heavy atom. The zero-order chi connectivity index (χ0) is 16.4. The third kappa shape index (κ3) is 3.26. The molecule has 1 saturated heterocycles. The van der Waals surface area contributed by atoms with Crippen molar-refractivity contribution in [2.45, 2.75) is 6.29 Å². The fourth-order valence-electron chi connectivity index (χ4n) is 2.12. The minimum absolute atomic E-state index is 0.132. The van der Waals surface area contributed by atoms with Gasteiger partial charge in [-0.3, -0.25) is 0 Å². The van der Waals surface area contributed by atoms with E-state index >= 15 is 0 Å². The second-order valence-electron chi connectivity index (χ2n) is 5.21. The van der Waals surface area contributed by atoms with E-state index in [1.54, 1.807) is 12.1 Å². The summed E-state index contributed by atoms with van der Waals surface area (Å²) in [7, 11) is 3.88. The fourth-order valence-corrected chi connectivity index (χ4v) is 2.12. The predicted octanol–water partition coefficient (Wildman–Crippen LogP) is 2.76. The number of hydrogen-bond donors (Lipinski definition) is 1. The number of nitrogens with zero attached hydrogens (tertiary/aromatic N) is 2. The van der Waals surface area contributed by atoms with Gasteiger partial charge in [0.05, 0.1) is 11.3 Å². The van der Waals surface area contributed by atoms with E-state index < -0.39 is 12.3 Å². The van der Waals surface area contributed by atoms with Gasteiger partial charge in [-0.25, -0.2) is 9.63 Å². The maximum atomic E-state index is 11.0. The van der Waals surface area contributed by atoms with Crippen molar-refractivity contribution in [1.82, 2.24) is 0 Å². The number of benzene rings is 2. The molecular weight excluding hydrogens is 300 g/mol. The van der Waals surface area contributed by atoms with Gasteiger partial charge in [-0.15, -0.1) is 0 Å². The van der Waals surface area contributed by atoms with Gasteiger partial charge >= 0.3 is 5.97 Å². The molecule has 0 amide bonds. The van der Waals surface area contributed by atoms with Crippen molar-refractivity contribution < 1.29 is 24.6 Å². The SMILES string of the molecule is CN(C)c1cccc(C2OON(c3cccc(C(=O)O)c3)O2)c1. The molecule has 2 aromatic rings. The second-order valence-corrected chi connectivity index (χ2v) is 5.21. The van der Waals surface area contributed by atoms with Gasteiger partial charge in [0.25, 0.3) is 0 Å². The van der Waals surface area contributed by atoms with Gasteiger partial charge in [0.2, 0.25) is 6.29 Å². The Bertz CT molecular complexity index is 719. The van der Waals surface area contributed by atoms with Crippen LogP contribution in [-0.2, 0) is 14.7 Å². The number of carboxylic acid groups (broad SMARTS) is 1. The van der Waals surface area contributed by atoms with Crippen LogP contribution in [0.3, 0.4) is 0 Å². The quantitative estimate of drug-likeness (QED) is 0.870. The molecule has 1 unspecified atom stereocenters. The summed E-state index contributed by atoms with van der Waals surface area (Å²) in [6, 6.07) is 13.8. The minimum atomic E-state index is -1.03. The first kappa shape index (κ1) is 15.3. The molecule has 0 radical (unpaired) electrons. The van der Waals surface area contributed by atoms with E-state index in [1.807, 2.05) is 43.3 Å². The summed E-state index contributed by atoms with van der Waals surface area (Å²) in [5.74, 6) is -1.03. The van der Waals surface area contributed by atoms with Crippen molar-refractivity contribution in [3.05, 3.63) is 59.7 Å². The van der Waals surface area contributed by atoms with Gasteiger partial charge in [0.15, 0.2) is 0 Å². The largest absolute Gasteiger partial charge is 0.478 e. The maximum Gasteiger partial charge on any atom is 0.335 e. The number of anilines is 2. The Morgan fingerprint density at radius 3 is 2.70 bits per heavy atom. The first-order valence-electron chi connectivity index (χ1n) is 6.95. The van der Waals surface area contributed by atoms with E-state index in [0.717, 1.165) is 16.5 Å².